The van der Waals surface area contributed by atoms with Crippen molar-refractivity contribution in [3.8, 4) is 5.75 Å². The van der Waals surface area contributed by atoms with Crippen molar-refractivity contribution in [1.29, 1.82) is 0 Å². The molecule has 0 aliphatic heterocycles. The molecule has 1 atom stereocenters. The molecule has 0 spiro atoms. The van der Waals surface area contributed by atoms with Gasteiger partial charge in [-0.3, -0.25) is 0 Å². The van der Waals surface area contributed by atoms with Crippen LogP contribution >= 0.6 is 15.9 Å². The van der Waals surface area contributed by atoms with Crippen molar-refractivity contribution >= 4 is 15.9 Å². The van der Waals surface area contributed by atoms with E-state index in [-0.39, 0.29) is 11.8 Å². The summed E-state index contributed by atoms with van der Waals surface area (Å²) in [6.07, 6.45) is 0.724. The Morgan fingerprint density at radius 1 is 1.64 bits per heavy atom. The average Bonchev–Trinajstić information content (AvgIpc) is 2.08. The highest BCUT2D eigenvalue weighted by Crippen LogP contribution is 2.28. The number of hydrogen-bond donors (Lipinski definition) is 2. The number of benzene rings is 1. The average molecular weight is 256 g/mol. The Kier molecular flexibility index (Phi) is 3.72. The summed E-state index contributed by atoms with van der Waals surface area (Å²) in [6.45, 7) is 5.76. The molecular weight excluding hydrogens is 242 g/mol. The molecule has 14 heavy (non-hydrogen) atoms. The third kappa shape index (κ3) is 2.86. The molecule has 3 heteroatoms. The molecule has 1 aromatic rings. The van der Waals surface area contributed by atoms with E-state index in [1.165, 1.54) is 0 Å². The van der Waals surface area contributed by atoms with E-state index in [0.29, 0.717) is 0 Å². The lowest BCUT2D eigenvalue weighted by Gasteiger charge is -2.13. The SMILES string of the molecule is C=C(C)C[C@H](N)c1cc(O)ccc1Br. The molecule has 3 N–H and O–H groups in total. The molecule has 0 amide bonds. The molecule has 0 aliphatic rings. The second kappa shape index (κ2) is 4.62. The van der Waals surface area contributed by atoms with Crippen molar-refractivity contribution < 1.29 is 5.11 Å². The molecule has 0 unspecified atom stereocenters. The van der Waals surface area contributed by atoms with E-state index < -0.39 is 0 Å². The smallest absolute Gasteiger partial charge is 0.115 e. The first kappa shape index (κ1) is 11.3. The fourth-order valence-corrected chi connectivity index (χ4v) is 1.84. The van der Waals surface area contributed by atoms with Gasteiger partial charge in [-0.2, -0.15) is 0 Å². The molecule has 0 saturated carbocycles. The van der Waals surface area contributed by atoms with Gasteiger partial charge in [-0.05, 0) is 37.1 Å². The largest absolute Gasteiger partial charge is 0.508 e. The minimum absolute atomic E-state index is 0.117. The molecule has 0 fully saturated rings. The maximum atomic E-state index is 9.32. The van der Waals surface area contributed by atoms with Crippen LogP contribution in [0.25, 0.3) is 0 Å². The molecule has 2 nitrogen and oxygen atoms in total. The van der Waals surface area contributed by atoms with E-state index in [2.05, 4.69) is 22.5 Å². The van der Waals surface area contributed by atoms with Gasteiger partial charge in [0, 0.05) is 10.5 Å². The van der Waals surface area contributed by atoms with Crippen LogP contribution in [0.4, 0.5) is 0 Å². The van der Waals surface area contributed by atoms with E-state index in [9.17, 15) is 5.11 Å². The van der Waals surface area contributed by atoms with Crippen LogP contribution in [0.1, 0.15) is 24.9 Å². The second-order valence-electron chi connectivity index (χ2n) is 3.47. The zero-order valence-corrected chi connectivity index (χ0v) is 9.71. The number of rotatable bonds is 3. The number of phenols is 1. The van der Waals surface area contributed by atoms with Gasteiger partial charge >= 0.3 is 0 Å². The number of halogens is 1. The van der Waals surface area contributed by atoms with Crippen molar-refractivity contribution in [1.82, 2.24) is 0 Å². The fourth-order valence-electron chi connectivity index (χ4n) is 1.30. The van der Waals surface area contributed by atoms with Gasteiger partial charge < -0.3 is 10.8 Å². The minimum Gasteiger partial charge on any atom is -0.508 e. The first-order chi connectivity index (χ1) is 6.50. The summed E-state index contributed by atoms with van der Waals surface area (Å²) >= 11 is 3.40. The highest BCUT2D eigenvalue weighted by molar-refractivity contribution is 9.10. The Labute approximate surface area is 92.6 Å². The maximum absolute atomic E-state index is 9.32. The summed E-state index contributed by atoms with van der Waals surface area (Å²) in [5, 5.41) is 9.32. The van der Waals surface area contributed by atoms with Gasteiger partial charge in [0.15, 0.2) is 0 Å². The topological polar surface area (TPSA) is 46.2 Å². The van der Waals surface area contributed by atoms with Crippen molar-refractivity contribution in [2.45, 2.75) is 19.4 Å². The summed E-state index contributed by atoms with van der Waals surface area (Å²) in [7, 11) is 0. The van der Waals surface area contributed by atoms with Gasteiger partial charge in [-0.1, -0.05) is 21.5 Å². The molecule has 1 rings (SSSR count). The Morgan fingerprint density at radius 3 is 2.86 bits per heavy atom. The third-order valence-electron chi connectivity index (χ3n) is 1.95. The number of aromatic hydroxyl groups is 1. The van der Waals surface area contributed by atoms with Gasteiger partial charge in [-0.15, -0.1) is 6.58 Å². The molecule has 0 aromatic heterocycles. The zero-order valence-electron chi connectivity index (χ0n) is 8.13. The molecular formula is C11H14BrNO. The summed E-state index contributed by atoms with van der Waals surface area (Å²) in [5.41, 5.74) is 7.91. The van der Waals surface area contributed by atoms with Gasteiger partial charge in [0.25, 0.3) is 0 Å². The lowest BCUT2D eigenvalue weighted by molar-refractivity contribution is 0.473. The Balaban J connectivity index is 2.93. The van der Waals surface area contributed by atoms with Gasteiger partial charge in [-0.25, -0.2) is 0 Å². The lowest BCUT2D eigenvalue weighted by Crippen LogP contribution is -2.10. The Morgan fingerprint density at radius 2 is 2.29 bits per heavy atom. The molecule has 0 aliphatic carbocycles. The van der Waals surface area contributed by atoms with Gasteiger partial charge in [0.05, 0.1) is 0 Å². The van der Waals surface area contributed by atoms with Crippen LogP contribution in [0, 0.1) is 0 Å². The normalized spacial score (nSPS) is 12.5. The van der Waals surface area contributed by atoms with Crippen LogP contribution in [-0.4, -0.2) is 5.11 Å². The molecule has 0 heterocycles. The van der Waals surface area contributed by atoms with Crippen molar-refractivity contribution in [3.05, 3.63) is 40.4 Å². The second-order valence-corrected chi connectivity index (χ2v) is 4.33. The minimum atomic E-state index is -0.117. The molecule has 1 aromatic carbocycles. The highest BCUT2D eigenvalue weighted by Gasteiger charge is 2.10. The van der Waals surface area contributed by atoms with E-state index >= 15 is 0 Å². The fraction of sp³-hybridized carbons (Fsp3) is 0.273. The Bertz CT molecular complexity index is 349. The van der Waals surface area contributed by atoms with E-state index in [1.54, 1.807) is 18.2 Å². The van der Waals surface area contributed by atoms with Crippen molar-refractivity contribution in [3.63, 3.8) is 0 Å². The first-order valence-electron chi connectivity index (χ1n) is 4.39. The predicted molar refractivity (Wildman–Crippen MR) is 62.2 cm³/mol. The number of phenolic OH excluding ortho intramolecular Hbond substituents is 1. The van der Waals surface area contributed by atoms with Gasteiger partial charge in [0.1, 0.15) is 5.75 Å². The van der Waals surface area contributed by atoms with Crippen LogP contribution in [0.5, 0.6) is 5.75 Å². The monoisotopic (exact) mass is 255 g/mol. The van der Waals surface area contributed by atoms with E-state index in [1.807, 2.05) is 6.92 Å². The van der Waals surface area contributed by atoms with Crippen molar-refractivity contribution in [2.24, 2.45) is 5.73 Å². The summed E-state index contributed by atoms with van der Waals surface area (Å²) < 4.78 is 0.920. The zero-order chi connectivity index (χ0) is 10.7. The third-order valence-corrected chi connectivity index (χ3v) is 2.67. The molecule has 76 valence electrons. The van der Waals surface area contributed by atoms with Crippen molar-refractivity contribution in [2.75, 3.05) is 0 Å². The van der Waals surface area contributed by atoms with E-state index in [4.69, 9.17) is 5.73 Å². The molecule has 0 saturated heterocycles. The summed E-state index contributed by atoms with van der Waals surface area (Å²) in [5.74, 6) is 0.236. The van der Waals surface area contributed by atoms with Crippen LogP contribution in [0.2, 0.25) is 0 Å². The maximum Gasteiger partial charge on any atom is 0.115 e. The lowest BCUT2D eigenvalue weighted by atomic mass is 10.0. The highest BCUT2D eigenvalue weighted by atomic mass is 79.9. The first-order valence-corrected chi connectivity index (χ1v) is 5.18. The van der Waals surface area contributed by atoms with Crippen LogP contribution in [-0.2, 0) is 0 Å². The van der Waals surface area contributed by atoms with Crippen LogP contribution in [0.3, 0.4) is 0 Å². The summed E-state index contributed by atoms with van der Waals surface area (Å²) in [4.78, 5) is 0. The predicted octanol–water partition coefficient (Wildman–Crippen LogP) is 3.12. The molecule has 0 bridgehead atoms. The quantitative estimate of drug-likeness (QED) is 0.816. The number of hydrogen-bond acceptors (Lipinski definition) is 2. The summed E-state index contributed by atoms with van der Waals surface area (Å²) in [6, 6.07) is 4.98. The number of nitrogens with two attached hydrogens (primary N) is 1. The Hall–Kier alpha value is -0.800. The molecule has 0 radical (unpaired) electrons. The standard InChI is InChI=1S/C11H14BrNO/c1-7(2)5-11(13)9-6-8(14)3-4-10(9)12/h3-4,6,11,14H,1,5,13H2,2H3/t11-/m0/s1. The van der Waals surface area contributed by atoms with Gasteiger partial charge in [0.2, 0.25) is 0 Å². The van der Waals surface area contributed by atoms with Crippen LogP contribution < -0.4 is 5.73 Å². The van der Waals surface area contributed by atoms with E-state index in [0.717, 1.165) is 22.0 Å². The van der Waals surface area contributed by atoms with Crippen LogP contribution in [0.15, 0.2) is 34.8 Å².